The Labute approximate surface area is 63.4 Å². The summed E-state index contributed by atoms with van der Waals surface area (Å²) in [6.45, 7) is 0. The number of halogens is 2. The summed E-state index contributed by atoms with van der Waals surface area (Å²) in [5, 5.41) is 0.910. The molecule has 0 spiro atoms. The largest absolute Gasteiger partial charge is 0.224 e. The quantitative estimate of drug-likeness (QED) is 0.527. The number of rotatable bonds is 0. The van der Waals surface area contributed by atoms with Crippen LogP contribution in [0.25, 0.3) is 0 Å². The summed E-state index contributed by atoms with van der Waals surface area (Å²) in [6, 6.07) is 0. The molecule has 1 aliphatic rings. The summed E-state index contributed by atoms with van der Waals surface area (Å²) in [6.07, 6.45) is 2.30. The van der Waals surface area contributed by atoms with Crippen LogP contribution in [0, 0.1) is 6.08 Å². The normalized spacial score (nSPS) is 28.7. The van der Waals surface area contributed by atoms with Gasteiger partial charge in [0.2, 0.25) is 0 Å². The highest BCUT2D eigenvalue weighted by atomic mass is 35.5. The summed E-state index contributed by atoms with van der Waals surface area (Å²) in [5.74, 6) is -0.261. The molecule has 1 heterocycles. The first kappa shape index (κ1) is 7.38. The number of alkyl halides is 2. The average Bonchev–Trinajstić information content (AvgIpc) is 1.78. The minimum atomic E-state index is -3.15. The molecule has 5 heteroatoms. The van der Waals surface area contributed by atoms with Crippen molar-refractivity contribution in [2.24, 2.45) is 0 Å². The fourth-order valence-electron chi connectivity index (χ4n) is 0.512. The van der Waals surface area contributed by atoms with Crippen LogP contribution in [0.1, 0.15) is 0 Å². The maximum atomic E-state index is 10.6. The van der Waals surface area contributed by atoms with Crippen molar-refractivity contribution in [2.45, 2.75) is 4.33 Å². The third kappa shape index (κ3) is 1.85. The molecule has 0 unspecified atom stereocenters. The van der Waals surface area contributed by atoms with E-state index in [1.54, 1.807) is 0 Å². The molecule has 1 rings (SSSR count). The van der Waals surface area contributed by atoms with Crippen LogP contribution in [0.5, 0.6) is 0 Å². The van der Waals surface area contributed by atoms with E-state index in [2.05, 4.69) is 6.08 Å². The molecule has 2 nitrogen and oxygen atoms in total. The van der Waals surface area contributed by atoms with Crippen LogP contribution < -0.4 is 0 Å². The summed E-state index contributed by atoms with van der Waals surface area (Å²) in [5.41, 5.74) is 0. The zero-order valence-electron chi connectivity index (χ0n) is 4.27. The smallest absolute Gasteiger partial charge is 0.175 e. The van der Waals surface area contributed by atoms with Crippen molar-refractivity contribution < 1.29 is 8.42 Å². The molecule has 0 aromatic carbocycles. The highest BCUT2D eigenvalue weighted by Crippen LogP contribution is 2.29. The Kier molecular flexibility index (Phi) is 1.54. The summed E-state index contributed by atoms with van der Waals surface area (Å²) in [4.78, 5) is 0. The Morgan fingerprint density at radius 2 is 2.11 bits per heavy atom. The van der Waals surface area contributed by atoms with Gasteiger partial charge in [-0.1, -0.05) is 23.2 Å². The van der Waals surface area contributed by atoms with Gasteiger partial charge in [-0.3, -0.25) is 0 Å². The van der Waals surface area contributed by atoms with E-state index in [9.17, 15) is 8.42 Å². The van der Waals surface area contributed by atoms with Crippen LogP contribution in [0.15, 0.2) is 5.41 Å². The van der Waals surface area contributed by atoms with Crippen LogP contribution in [0.4, 0.5) is 0 Å². The van der Waals surface area contributed by atoms with Crippen molar-refractivity contribution in [1.82, 2.24) is 0 Å². The second kappa shape index (κ2) is 1.87. The van der Waals surface area contributed by atoms with Crippen molar-refractivity contribution in [3.63, 3.8) is 0 Å². The number of sulfone groups is 1. The second-order valence-electron chi connectivity index (χ2n) is 1.77. The highest BCUT2D eigenvalue weighted by molar-refractivity contribution is 7.94. The topological polar surface area (TPSA) is 34.1 Å². The van der Waals surface area contributed by atoms with Crippen LogP contribution in [0.3, 0.4) is 0 Å². The molecule has 0 aromatic heterocycles. The van der Waals surface area contributed by atoms with Gasteiger partial charge in [0.15, 0.2) is 14.2 Å². The molecule has 0 fully saturated rings. The van der Waals surface area contributed by atoms with E-state index in [-0.39, 0.29) is 5.75 Å². The summed E-state index contributed by atoms with van der Waals surface area (Å²) >= 11 is 10.8. The van der Waals surface area contributed by atoms with Crippen molar-refractivity contribution >= 4 is 33.0 Å². The maximum Gasteiger partial charge on any atom is 0.175 e. The molecule has 9 heavy (non-hydrogen) atoms. The van der Waals surface area contributed by atoms with Crippen LogP contribution in [-0.4, -0.2) is 18.5 Å². The fourth-order valence-corrected chi connectivity index (χ4v) is 2.72. The molecule has 0 bridgehead atoms. The van der Waals surface area contributed by atoms with Gasteiger partial charge in [0.05, 0.1) is 5.75 Å². The number of allylic oxidation sites excluding steroid dienone is 1. The van der Waals surface area contributed by atoms with Crippen molar-refractivity contribution in [2.75, 3.05) is 5.75 Å². The standard InChI is InChI=1S/C4H3Cl2O2S/c5-4(6)1-2-9(7,8)3-4/h2H,3H2. The van der Waals surface area contributed by atoms with Gasteiger partial charge in [0.1, 0.15) is 0 Å². The van der Waals surface area contributed by atoms with E-state index in [1.165, 1.54) is 0 Å². The van der Waals surface area contributed by atoms with Crippen LogP contribution in [-0.2, 0) is 9.84 Å². The van der Waals surface area contributed by atoms with Gasteiger partial charge in [-0.2, -0.15) is 0 Å². The van der Waals surface area contributed by atoms with E-state index in [1.807, 2.05) is 0 Å². The Balaban J connectivity index is 2.97. The molecule has 0 aromatic rings. The number of hydrogen-bond acceptors (Lipinski definition) is 2. The molecular formula is C4H3Cl2O2S. The fraction of sp³-hybridized carbons (Fsp3) is 0.500. The molecule has 0 saturated carbocycles. The van der Waals surface area contributed by atoms with Gasteiger partial charge < -0.3 is 0 Å². The predicted molar refractivity (Wildman–Crippen MR) is 36.0 cm³/mol. The molecule has 51 valence electrons. The van der Waals surface area contributed by atoms with Gasteiger partial charge in [-0.25, -0.2) is 8.42 Å². The van der Waals surface area contributed by atoms with E-state index < -0.39 is 14.2 Å². The lowest BCUT2D eigenvalue weighted by molar-refractivity contribution is 0.606. The first-order valence-corrected chi connectivity index (χ1v) is 4.60. The average molecular weight is 186 g/mol. The summed E-state index contributed by atoms with van der Waals surface area (Å²) in [7, 11) is -3.15. The SMILES string of the molecule is O=S1(=O)C=[C]C(Cl)(Cl)C1. The third-order valence-electron chi connectivity index (χ3n) is 0.832. The van der Waals surface area contributed by atoms with Crippen molar-refractivity contribution in [3.05, 3.63) is 11.5 Å². The Hall–Kier alpha value is 0.270. The van der Waals surface area contributed by atoms with Crippen molar-refractivity contribution in [1.29, 1.82) is 0 Å². The zero-order valence-corrected chi connectivity index (χ0v) is 6.59. The lowest BCUT2D eigenvalue weighted by atomic mass is 10.5. The molecule has 0 N–H and O–H groups in total. The first-order valence-electron chi connectivity index (χ1n) is 2.13. The van der Waals surface area contributed by atoms with Crippen molar-refractivity contribution in [3.8, 4) is 0 Å². The van der Waals surface area contributed by atoms with Gasteiger partial charge in [0, 0.05) is 11.5 Å². The van der Waals surface area contributed by atoms with Crippen LogP contribution in [0.2, 0.25) is 0 Å². The monoisotopic (exact) mass is 185 g/mol. The Bertz CT molecular complexity index is 239. The molecular weight excluding hydrogens is 183 g/mol. The third-order valence-corrected chi connectivity index (χ3v) is 2.95. The zero-order chi connectivity index (χ0) is 7.12. The highest BCUT2D eigenvalue weighted by Gasteiger charge is 2.33. The van der Waals surface area contributed by atoms with E-state index in [0.29, 0.717) is 0 Å². The molecule has 1 aliphatic heterocycles. The summed E-state index contributed by atoms with van der Waals surface area (Å²) < 4.78 is 19.8. The molecule has 0 aliphatic carbocycles. The molecule has 0 atom stereocenters. The maximum absolute atomic E-state index is 10.6. The lowest BCUT2D eigenvalue weighted by Crippen LogP contribution is -2.14. The van der Waals surface area contributed by atoms with E-state index in [4.69, 9.17) is 23.2 Å². The van der Waals surface area contributed by atoms with Crippen LogP contribution >= 0.6 is 23.2 Å². The molecule has 0 saturated heterocycles. The van der Waals surface area contributed by atoms with Gasteiger partial charge >= 0.3 is 0 Å². The molecule has 0 amide bonds. The number of hydrogen-bond donors (Lipinski definition) is 0. The van der Waals surface area contributed by atoms with E-state index in [0.717, 1.165) is 5.41 Å². The van der Waals surface area contributed by atoms with Gasteiger partial charge in [-0.15, -0.1) is 0 Å². The van der Waals surface area contributed by atoms with Gasteiger partial charge in [0.25, 0.3) is 0 Å². The van der Waals surface area contributed by atoms with E-state index >= 15 is 0 Å². The second-order valence-corrected chi connectivity index (χ2v) is 5.11. The lowest BCUT2D eigenvalue weighted by Gasteiger charge is -2.03. The first-order chi connectivity index (χ1) is 3.91. The molecule has 1 radical (unpaired) electrons. The Morgan fingerprint density at radius 3 is 2.22 bits per heavy atom. The Morgan fingerprint density at radius 1 is 1.56 bits per heavy atom. The minimum Gasteiger partial charge on any atom is -0.224 e. The van der Waals surface area contributed by atoms with Gasteiger partial charge in [-0.05, 0) is 0 Å². The predicted octanol–water partition coefficient (Wildman–Crippen LogP) is 0.906. The minimum absolute atomic E-state index is 0.261.